The Labute approximate surface area is 140 Å². The average molecular weight is 339 g/mol. The minimum atomic E-state index is -0.128. The Morgan fingerprint density at radius 1 is 1.39 bits per heavy atom. The standard InChI is InChI=1S/C17H13N3OS2/c18-9-10(8-11-4-3-7-22-11)15-19-16(21)14-12-5-1-2-6-13(12)23-17(14)20-15/h3-4,7-8H,1-2,5-6H2,(H,19,20,21)/b10-8+. The molecule has 0 aliphatic heterocycles. The first-order chi connectivity index (χ1) is 11.3. The fraction of sp³-hybridized carbons (Fsp3) is 0.235. The molecule has 4 rings (SSSR count). The van der Waals surface area contributed by atoms with Gasteiger partial charge in [0.2, 0.25) is 0 Å². The monoisotopic (exact) mass is 339 g/mol. The summed E-state index contributed by atoms with van der Waals surface area (Å²) in [5, 5.41) is 12.1. The first kappa shape index (κ1) is 14.4. The van der Waals surface area contributed by atoms with Crippen LogP contribution >= 0.6 is 22.7 Å². The molecule has 0 radical (unpaired) electrons. The van der Waals surface area contributed by atoms with Crippen LogP contribution in [0.4, 0.5) is 0 Å². The van der Waals surface area contributed by atoms with E-state index in [1.165, 1.54) is 11.3 Å². The maximum Gasteiger partial charge on any atom is 0.260 e. The third-order valence-corrected chi connectivity index (χ3v) is 6.04. The van der Waals surface area contributed by atoms with Gasteiger partial charge in [0.1, 0.15) is 10.9 Å². The molecular weight excluding hydrogens is 326 g/mol. The number of hydrogen-bond donors (Lipinski definition) is 1. The van der Waals surface area contributed by atoms with Crippen LogP contribution in [0, 0.1) is 11.3 Å². The molecule has 0 aromatic carbocycles. The molecule has 0 amide bonds. The summed E-state index contributed by atoms with van der Waals surface area (Å²) in [6.07, 6.45) is 6.05. The number of nitriles is 1. The van der Waals surface area contributed by atoms with Crippen LogP contribution in [-0.4, -0.2) is 9.97 Å². The Kier molecular flexibility index (Phi) is 3.60. The zero-order chi connectivity index (χ0) is 15.8. The molecule has 4 nitrogen and oxygen atoms in total. The van der Waals surface area contributed by atoms with Crippen LogP contribution in [0.2, 0.25) is 0 Å². The van der Waals surface area contributed by atoms with Crippen molar-refractivity contribution in [3.05, 3.63) is 49.0 Å². The minimum Gasteiger partial charge on any atom is -0.305 e. The van der Waals surface area contributed by atoms with Crippen LogP contribution < -0.4 is 5.56 Å². The summed E-state index contributed by atoms with van der Waals surface area (Å²) in [5.74, 6) is 0.358. The molecule has 0 bridgehead atoms. The van der Waals surface area contributed by atoms with E-state index >= 15 is 0 Å². The van der Waals surface area contributed by atoms with Crippen molar-refractivity contribution in [2.45, 2.75) is 25.7 Å². The lowest BCUT2D eigenvalue weighted by molar-refractivity contribution is 0.700. The Balaban J connectivity index is 1.89. The predicted octanol–water partition coefficient (Wildman–Crippen LogP) is 3.99. The molecule has 0 atom stereocenters. The van der Waals surface area contributed by atoms with E-state index in [1.54, 1.807) is 28.7 Å². The molecule has 3 aromatic heterocycles. The Hall–Kier alpha value is -2.23. The fourth-order valence-electron chi connectivity index (χ4n) is 2.96. The van der Waals surface area contributed by atoms with Crippen LogP contribution in [0.5, 0.6) is 0 Å². The van der Waals surface area contributed by atoms with Crippen LogP contribution in [0.1, 0.15) is 34.0 Å². The van der Waals surface area contributed by atoms with Crippen LogP contribution in [0.25, 0.3) is 21.9 Å². The Bertz CT molecular complexity index is 1000. The predicted molar refractivity (Wildman–Crippen MR) is 94.7 cm³/mol. The largest absolute Gasteiger partial charge is 0.305 e. The smallest absolute Gasteiger partial charge is 0.260 e. The first-order valence-electron chi connectivity index (χ1n) is 7.46. The number of aromatic nitrogens is 2. The number of allylic oxidation sites excluding steroid dienone is 1. The summed E-state index contributed by atoms with van der Waals surface area (Å²) < 4.78 is 0. The van der Waals surface area contributed by atoms with E-state index in [0.717, 1.165) is 39.9 Å². The van der Waals surface area contributed by atoms with Crippen LogP contribution in [0.15, 0.2) is 22.3 Å². The molecule has 6 heteroatoms. The van der Waals surface area contributed by atoms with E-state index in [0.29, 0.717) is 11.4 Å². The summed E-state index contributed by atoms with van der Waals surface area (Å²) in [5.41, 5.74) is 1.42. The molecule has 0 saturated carbocycles. The molecule has 1 aliphatic rings. The van der Waals surface area contributed by atoms with Crippen molar-refractivity contribution in [1.82, 2.24) is 9.97 Å². The van der Waals surface area contributed by atoms with Gasteiger partial charge in [-0.25, -0.2) is 4.98 Å². The summed E-state index contributed by atoms with van der Waals surface area (Å²) in [7, 11) is 0. The molecule has 3 heterocycles. The minimum absolute atomic E-state index is 0.128. The van der Waals surface area contributed by atoms with Gasteiger partial charge in [-0.1, -0.05) is 6.07 Å². The maximum atomic E-state index is 12.5. The molecule has 0 spiro atoms. The molecule has 0 fully saturated rings. The zero-order valence-corrected chi connectivity index (χ0v) is 13.9. The fourth-order valence-corrected chi connectivity index (χ4v) is 4.88. The van der Waals surface area contributed by atoms with Crippen molar-refractivity contribution >= 4 is 44.5 Å². The summed E-state index contributed by atoms with van der Waals surface area (Å²) in [6, 6.07) is 6.01. The van der Waals surface area contributed by atoms with Crippen molar-refractivity contribution in [2.24, 2.45) is 0 Å². The number of aryl methyl sites for hydroxylation is 2. The van der Waals surface area contributed by atoms with Gasteiger partial charge in [0, 0.05) is 9.75 Å². The molecule has 1 aliphatic carbocycles. The van der Waals surface area contributed by atoms with E-state index in [4.69, 9.17) is 0 Å². The van der Waals surface area contributed by atoms with Crippen molar-refractivity contribution < 1.29 is 0 Å². The molecular formula is C17H13N3OS2. The molecule has 0 saturated heterocycles. The first-order valence-corrected chi connectivity index (χ1v) is 9.16. The van der Waals surface area contributed by atoms with Gasteiger partial charge < -0.3 is 4.98 Å². The van der Waals surface area contributed by atoms with Gasteiger partial charge in [-0.15, -0.1) is 22.7 Å². The molecule has 23 heavy (non-hydrogen) atoms. The molecule has 1 N–H and O–H groups in total. The lowest BCUT2D eigenvalue weighted by Crippen LogP contribution is -2.12. The number of H-pyrrole nitrogens is 1. The van der Waals surface area contributed by atoms with Crippen molar-refractivity contribution in [3.63, 3.8) is 0 Å². The van der Waals surface area contributed by atoms with Gasteiger partial charge in [-0.05, 0) is 48.8 Å². The van der Waals surface area contributed by atoms with E-state index in [1.807, 2.05) is 17.5 Å². The highest BCUT2D eigenvalue weighted by molar-refractivity contribution is 7.18. The van der Waals surface area contributed by atoms with Gasteiger partial charge in [0.05, 0.1) is 11.0 Å². The van der Waals surface area contributed by atoms with Gasteiger partial charge in [0.15, 0.2) is 5.82 Å². The third-order valence-electron chi connectivity index (χ3n) is 4.03. The maximum absolute atomic E-state index is 12.5. The zero-order valence-electron chi connectivity index (χ0n) is 12.3. The van der Waals surface area contributed by atoms with Crippen LogP contribution in [-0.2, 0) is 12.8 Å². The van der Waals surface area contributed by atoms with E-state index in [-0.39, 0.29) is 5.56 Å². The number of rotatable bonds is 2. The summed E-state index contributed by atoms with van der Waals surface area (Å²) in [6.45, 7) is 0. The van der Waals surface area contributed by atoms with Gasteiger partial charge in [-0.3, -0.25) is 4.79 Å². The average Bonchev–Trinajstić information content (AvgIpc) is 3.19. The lowest BCUT2D eigenvalue weighted by Gasteiger charge is -2.09. The number of fused-ring (bicyclic) bond motifs is 3. The van der Waals surface area contributed by atoms with Crippen molar-refractivity contribution in [2.75, 3.05) is 0 Å². The highest BCUT2D eigenvalue weighted by Gasteiger charge is 2.20. The molecule has 0 unspecified atom stereocenters. The molecule has 114 valence electrons. The van der Waals surface area contributed by atoms with Gasteiger partial charge in [0.25, 0.3) is 5.56 Å². The Morgan fingerprint density at radius 3 is 3.04 bits per heavy atom. The Morgan fingerprint density at radius 2 is 2.26 bits per heavy atom. The number of hydrogen-bond acceptors (Lipinski definition) is 5. The number of thiophene rings is 2. The highest BCUT2D eigenvalue weighted by Crippen LogP contribution is 2.34. The quantitative estimate of drug-likeness (QED) is 0.718. The third kappa shape index (κ3) is 2.52. The topological polar surface area (TPSA) is 69.5 Å². The normalized spacial score (nSPS) is 14.7. The number of nitrogens with one attached hydrogen (secondary N) is 1. The summed E-state index contributed by atoms with van der Waals surface area (Å²) in [4.78, 5) is 22.9. The SMILES string of the molecule is N#C/C(=C\c1cccs1)c1nc2sc3c(c2c(=O)[nH]1)CCCC3. The second kappa shape index (κ2) is 5.76. The summed E-state index contributed by atoms with van der Waals surface area (Å²) >= 11 is 3.15. The lowest BCUT2D eigenvalue weighted by atomic mass is 9.97. The number of nitrogens with zero attached hydrogens (tertiary/aromatic N) is 2. The van der Waals surface area contributed by atoms with Crippen molar-refractivity contribution in [1.29, 1.82) is 5.26 Å². The second-order valence-corrected chi connectivity index (χ2v) is 7.55. The second-order valence-electron chi connectivity index (χ2n) is 5.49. The van der Waals surface area contributed by atoms with E-state index < -0.39 is 0 Å². The van der Waals surface area contributed by atoms with Gasteiger partial charge >= 0.3 is 0 Å². The van der Waals surface area contributed by atoms with E-state index in [9.17, 15) is 10.1 Å². The highest BCUT2D eigenvalue weighted by atomic mass is 32.1. The van der Waals surface area contributed by atoms with E-state index in [2.05, 4.69) is 16.0 Å². The van der Waals surface area contributed by atoms with Gasteiger partial charge in [-0.2, -0.15) is 5.26 Å². The van der Waals surface area contributed by atoms with Crippen LogP contribution in [0.3, 0.4) is 0 Å². The van der Waals surface area contributed by atoms with Crippen molar-refractivity contribution in [3.8, 4) is 6.07 Å². The molecule has 3 aromatic rings. The number of aromatic amines is 1.